The van der Waals surface area contributed by atoms with Gasteiger partial charge in [0, 0.05) is 17.1 Å². The first-order valence-electron chi connectivity index (χ1n) is 8.73. The van der Waals surface area contributed by atoms with Crippen molar-refractivity contribution in [1.29, 1.82) is 0 Å². The number of pyridine rings is 1. The minimum absolute atomic E-state index is 0.557. The molecule has 27 heavy (non-hydrogen) atoms. The number of hydrogen-bond acceptors (Lipinski definition) is 5. The largest absolute Gasteiger partial charge is 0.348 e. The highest BCUT2D eigenvalue weighted by molar-refractivity contribution is 5.92. The Hall–Kier alpha value is -3.80. The lowest BCUT2D eigenvalue weighted by Gasteiger charge is -2.08. The van der Waals surface area contributed by atoms with E-state index in [9.17, 15) is 0 Å². The molecule has 3 aromatic heterocycles. The second kappa shape index (κ2) is 6.49. The van der Waals surface area contributed by atoms with Gasteiger partial charge < -0.3 is 5.32 Å². The fourth-order valence-electron chi connectivity index (χ4n) is 3.05. The third-order valence-electron chi connectivity index (χ3n) is 4.36. The summed E-state index contributed by atoms with van der Waals surface area (Å²) in [6.07, 6.45) is 1.78. The van der Waals surface area contributed by atoms with Gasteiger partial charge in [-0.1, -0.05) is 48.5 Å². The van der Waals surface area contributed by atoms with Crippen molar-refractivity contribution < 1.29 is 0 Å². The number of nitrogens with one attached hydrogen (secondary N) is 1. The second-order valence-corrected chi connectivity index (χ2v) is 6.16. The molecule has 130 valence electrons. The Balaban J connectivity index is 1.65. The van der Waals surface area contributed by atoms with Crippen LogP contribution in [-0.4, -0.2) is 24.6 Å². The highest BCUT2D eigenvalue weighted by Crippen LogP contribution is 2.24. The Kier molecular flexibility index (Phi) is 3.72. The van der Waals surface area contributed by atoms with Crippen LogP contribution in [0.3, 0.4) is 0 Å². The molecule has 0 saturated carbocycles. The fourth-order valence-corrected chi connectivity index (χ4v) is 3.05. The molecule has 0 spiro atoms. The molecule has 6 nitrogen and oxygen atoms in total. The zero-order chi connectivity index (χ0) is 18.1. The summed E-state index contributed by atoms with van der Waals surface area (Å²) in [4.78, 5) is 13.9. The predicted octanol–water partition coefficient (Wildman–Crippen LogP) is 3.95. The number of benzene rings is 2. The fraction of sp³-hybridized carbons (Fsp3) is 0.0476. The maximum absolute atomic E-state index is 4.78. The van der Waals surface area contributed by atoms with E-state index >= 15 is 0 Å². The first-order chi connectivity index (χ1) is 13.4. The van der Waals surface area contributed by atoms with Crippen molar-refractivity contribution in [1.82, 2.24) is 24.6 Å². The summed E-state index contributed by atoms with van der Waals surface area (Å²) >= 11 is 0. The van der Waals surface area contributed by atoms with E-state index in [0.717, 1.165) is 27.8 Å². The van der Waals surface area contributed by atoms with Gasteiger partial charge in [0.1, 0.15) is 0 Å². The normalized spacial score (nSPS) is 11.1. The van der Waals surface area contributed by atoms with Gasteiger partial charge in [0.2, 0.25) is 5.95 Å². The highest BCUT2D eigenvalue weighted by atomic mass is 15.4. The lowest BCUT2D eigenvalue weighted by molar-refractivity contribution is 0.910. The van der Waals surface area contributed by atoms with E-state index in [1.807, 2.05) is 72.8 Å². The summed E-state index contributed by atoms with van der Waals surface area (Å²) in [6.45, 7) is 0.557. The Bertz CT molecular complexity index is 1220. The number of nitrogens with zero attached hydrogens (tertiary/aromatic N) is 5. The maximum atomic E-state index is 4.78. The molecular weight excluding hydrogens is 336 g/mol. The molecule has 0 amide bonds. The van der Waals surface area contributed by atoms with Crippen molar-refractivity contribution in [2.45, 2.75) is 6.54 Å². The average Bonchev–Trinajstić information content (AvgIpc) is 3.19. The Morgan fingerprint density at radius 3 is 2.48 bits per heavy atom. The van der Waals surface area contributed by atoms with Gasteiger partial charge in [-0.15, -0.1) is 5.10 Å². The van der Waals surface area contributed by atoms with Crippen LogP contribution in [0, 0.1) is 0 Å². The van der Waals surface area contributed by atoms with Gasteiger partial charge in [0.15, 0.2) is 11.5 Å². The molecule has 0 aliphatic rings. The van der Waals surface area contributed by atoms with Crippen LogP contribution in [0.1, 0.15) is 5.69 Å². The monoisotopic (exact) mass is 352 g/mol. The molecule has 5 rings (SSSR count). The molecule has 0 bridgehead atoms. The Morgan fingerprint density at radius 1 is 0.815 bits per heavy atom. The minimum atomic E-state index is 0.557. The van der Waals surface area contributed by atoms with E-state index in [2.05, 4.69) is 10.3 Å². The maximum Gasteiger partial charge on any atom is 0.226 e. The van der Waals surface area contributed by atoms with Crippen LogP contribution < -0.4 is 5.32 Å². The van der Waals surface area contributed by atoms with E-state index in [1.165, 1.54) is 0 Å². The van der Waals surface area contributed by atoms with Crippen LogP contribution in [0.2, 0.25) is 0 Å². The van der Waals surface area contributed by atoms with Crippen LogP contribution in [0.25, 0.3) is 27.9 Å². The first kappa shape index (κ1) is 15.5. The number of hydrogen-bond donors (Lipinski definition) is 1. The first-order valence-corrected chi connectivity index (χ1v) is 8.73. The van der Waals surface area contributed by atoms with Crippen molar-refractivity contribution in [2.75, 3.05) is 5.32 Å². The minimum Gasteiger partial charge on any atom is -0.348 e. The van der Waals surface area contributed by atoms with Crippen LogP contribution in [-0.2, 0) is 6.54 Å². The van der Waals surface area contributed by atoms with E-state index in [4.69, 9.17) is 15.1 Å². The van der Waals surface area contributed by atoms with Gasteiger partial charge in [-0.05, 0) is 24.3 Å². The van der Waals surface area contributed by atoms with Crippen LogP contribution in [0.15, 0.2) is 79.0 Å². The topological polar surface area (TPSA) is 68.0 Å². The van der Waals surface area contributed by atoms with E-state index < -0.39 is 0 Å². The third-order valence-corrected chi connectivity index (χ3v) is 4.36. The quantitative estimate of drug-likeness (QED) is 0.530. The molecule has 0 atom stereocenters. The lowest BCUT2D eigenvalue weighted by Crippen LogP contribution is -2.08. The van der Waals surface area contributed by atoms with Gasteiger partial charge >= 0.3 is 0 Å². The summed E-state index contributed by atoms with van der Waals surface area (Å²) in [5.41, 5.74) is 3.56. The molecule has 0 unspecified atom stereocenters. The Labute approximate surface area is 155 Å². The van der Waals surface area contributed by atoms with Crippen molar-refractivity contribution in [2.24, 2.45) is 0 Å². The molecule has 0 aliphatic heterocycles. The van der Waals surface area contributed by atoms with Gasteiger partial charge in [-0.3, -0.25) is 4.98 Å². The smallest absolute Gasteiger partial charge is 0.226 e. The molecule has 0 aliphatic carbocycles. The third kappa shape index (κ3) is 2.87. The summed E-state index contributed by atoms with van der Waals surface area (Å²) in [5.74, 6) is 1.32. The SMILES string of the molecule is c1ccc(-c2nc3c4ccccc4nc(NCc4ccccn4)n3n2)cc1. The molecule has 1 N–H and O–H groups in total. The van der Waals surface area contributed by atoms with Gasteiger partial charge in [0.25, 0.3) is 0 Å². The van der Waals surface area contributed by atoms with E-state index in [0.29, 0.717) is 18.3 Å². The van der Waals surface area contributed by atoms with Crippen molar-refractivity contribution in [3.8, 4) is 11.4 Å². The average molecular weight is 352 g/mol. The van der Waals surface area contributed by atoms with Gasteiger partial charge in [-0.25, -0.2) is 9.97 Å². The molecule has 0 saturated heterocycles. The van der Waals surface area contributed by atoms with Gasteiger partial charge in [0.05, 0.1) is 17.8 Å². The number of para-hydroxylation sites is 1. The highest BCUT2D eigenvalue weighted by Gasteiger charge is 2.14. The number of rotatable bonds is 4. The number of aromatic nitrogens is 5. The molecule has 0 fully saturated rings. The molecule has 5 aromatic rings. The summed E-state index contributed by atoms with van der Waals surface area (Å²) in [7, 11) is 0. The van der Waals surface area contributed by atoms with E-state index in [1.54, 1.807) is 10.7 Å². The molecular formula is C21H16N6. The van der Waals surface area contributed by atoms with Gasteiger partial charge in [-0.2, -0.15) is 4.52 Å². The second-order valence-electron chi connectivity index (χ2n) is 6.16. The zero-order valence-corrected chi connectivity index (χ0v) is 14.4. The van der Waals surface area contributed by atoms with Crippen LogP contribution in [0.4, 0.5) is 5.95 Å². The van der Waals surface area contributed by atoms with Crippen LogP contribution in [0.5, 0.6) is 0 Å². The molecule has 3 heterocycles. The van der Waals surface area contributed by atoms with Crippen molar-refractivity contribution in [3.05, 3.63) is 84.7 Å². The summed E-state index contributed by atoms with van der Waals surface area (Å²) < 4.78 is 1.77. The van der Waals surface area contributed by atoms with Crippen molar-refractivity contribution in [3.63, 3.8) is 0 Å². The van der Waals surface area contributed by atoms with E-state index in [-0.39, 0.29) is 0 Å². The summed E-state index contributed by atoms with van der Waals surface area (Å²) in [6, 6.07) is 23.8. The van der Waals surface area contributed by atoms with Crippen molar-refractivity contribution >= 4 is 22.5 Å². The molecule has 0 radical (unpaired) electrons. The number of anilines is 1. The lowest BCUT2D eigenvalue weighted by atomic mass is 10.2. The Morgan fingerprint density at radius 2 is 1.63 bits per heavy atom. The summed E-state index contributed by atoms with van der Waals surface area (Å²) in [5, 5.41) is 9.02. The number of fused-ring (bicyclic) bond motifs is 3. The molecule has 2 aromatic carbocycles. The predicted molar refractivity (Wildman–Crippen MR) is 105 cm³/mol. The van der Waals surface area contributed by atoms with Crippen LogP contribution >= 0.6 is 0 Å². The molecule has 6 heteroatoms. The standard InChI is InChI=1S/C21H16N6/c1-2-8-15(9-3-1)19-25-20-17-11-4-5-12-18(17)24-21(27(20)26-19)23-14-16-10-6-7-13-22-16/h1-13H,14H2,(H,23,24). The zero-order valence-electron chi connectivity index (χ0n) is 14.4.